The third kappa shape index (κ3) is 3.76. The van der Waals surface area contributed by atoms with E-state index in [0.717, 1.165) is 31.7 Å². The number of nitrogens with one attached hydrogen (secondary N) is 1. The van der Waals surface area contributed by atoms with Crippen LogP contribution >= 0.6 is 0 Å². The van der Waals surface area contributed by atoms with E-state index in [0.29, 0.717) is 6.42 Å². The van der Waals surface area contributed by atoms with Crippen molar-refractivity contribution in [3.05, 3.63) is 30.1 Å². The van der Waals surface area contributed by atoms with Crippen molar-refractivity contribution in [1.82, 2.24) is 15.2 Å². The lowest BCUT2D eigenvalue weighted by molar-refractivity contribution is 0.109. The molecule has 1 atom stereocenters. The van der Waals surface area contributed by atoms with Gasteiger partial charge in [0.1, 0.15) is 0 Å². The van der Waals surface area contributed by atoms with E-state index in [1.165, 1.54) is 0 Å². The first-order valence-electron chi connectivity index (χ1n) is 6.87. The lowest BCUT2D eigenvalue weighted by atomic mass is 9.98. The highest BCUT2D eigenvalue weighted by Crippen LogP contribution is 2.23. The molecule has 0 aromatic carbocycles. The SMILES string of the molecule is CC1(C)CCNC(CC#N)CN1Cc1ccccn1. The first-order valence-corrected chi connectivity index (χ1v) is 6.87. The molecule has 1 saturated heterocycles. The molecule has 0 aliphatic carbocycles. The van der Waals surface area contributed by atoms with Gasteiger partial charge in [0.05, 0.1) is 18.2 Å². The van der Waals surface area contributed by atoms with Gasteiger partial charge in [0, 0.05) is 30.9 Å². The molecule has 102 valence electrons. The first kappa shape index (κ1) is 14.0. The van der Waals surface area contributed by atoms with Crippen LogP contribution in [-0.2, 0) is 6.54 Å². The highest BCUT2D eigenvalue weighted by atomic mass is 15.2. The van der Waals surface area contributed by atoms with Gasteiger partial charge in [-0.05, 0) is 38.9 Å². The molecule has 0 radical (unpaired) electrons. The van der Waals surface area contributed by atoms with Gasteiger partial charge < -0.3 is 5.32 Å². The predicted molar refractivity (Wildman–Crippen MR) is 75.4 cm³/mol. The van der Waals surface area contributed by atoms with Gasteiger partial charge in [-0.2, -0.15) is 5.26 Å². The van der Waals surface area contributed by atoms with Crippen molar-refractivity contribution in [2.24, 2.45) is 0 Å². The summed E-state index contributed by atoms with van der Waals surface area (Å²) in [5.74, 6) is 0. The van der Waals surface area contributed by atoms with Gasteiger partial charge in [-0.3, -0.25) is 9.88 Å². The van der Waals surface area contributed by atoms with E-state index in [1.807, 2.05) is 18.3 Å². The van der Waals surface area contributed by atoms with Crippen molar-refractivity contribution < 1.29 is 0 Å². The van der Waals surface area contributed by atoms with Crippen molar-refractivity contribution >= 4 is 0 Å². The Labute approximate surface area is 115 Å². The molecule has 0 bridgehead atoms. The van der Waals surface area contributed by atoms with E-state index < -0.39 is 0 Å². The second-order valence-corrected chi connectivity index (χ2v) is 5.78. The zero-order valence-corrected chi connectivity index (χ0v) is 11.8. The summed E-state index contributed by atoms with van der Waals surface area (Å²) in [6.07, 6.45) is 3.49. The fraction of sp³-hybridized carbons (Fsp3) is 0.600. The first-order chi connectivity index (χ1) is 9.12. The molecule has 0 spiro atoms. The normalized spacial score (nSPS) is 23.5. The van der Waals surface area contributed by atoms with E-state index in [1.54, 1.807) is 0 Å². The fourth-order valence-electron chi connectivity index (χ4n) is 2.53. The van der Waals surface area contributed by atoms with Crippen LogP contribution in [0.15, 0.2) is 24.4 Å². The molecule has 2 rings (SSSR count). The van der Waals surface area contributed by atoms with Crippen LogP contribution in [0.3, 0.4) is 0 Å². The topological polar surface area (TPSA) is 52.0 Å². The van der Waals surface area contributed by atoms with Crippen LogP contribution in [0.1, 0.15) is 32.4 Å². The maximum atomic E-state index is 8.90. The second kappa shape index (κ2) is 6.14. The van der Waals surface area contributed by atoms with Crippen LogP contribution in [0.25, 0.3) is 0 Å². The number of hydrogen-bond acceptors (Lipinski definition) is 4. The molecular formula is C15H22N4. The van der Waals surface area contributed by atoms with Gasteiger partial charge in [0.2, 0.25) is 0 Å². The maximum Gasteiger partial charge on any atom is 0.0638 e. The van der Waals surface area contributed by atoms with Crippen molar-refractivity contribution in [2.75, 3.05) is 13.1 Å². The molecule has 2 heterocycles. The van der Waals surface area contributed by atoms with Crippen LogP contribution in [0, 0.1) is 11.3 Å². The molecular weight excluding hydrogens is 236 g/mol. The maximum absolute atomic E-state index is 8.90. The highest BCUT2D eigenvalue weighted by molar-refractivity contribution is 5.05. The molecule has 1 aliphatic heterocycles. The van der Waals surface area contributed by atoms with Crippen LogP contribution < -0.4 is 5.32 Å². The largest absolute Gasteiger partial charge is 0.312 e. The molecule has 1 fully saturated rings. The minimum absolute atomic E-state index is 0.134. The molecule has 1 aromatic heterocycles. The summed E-state index contributed by atoms with van der Waals surface area (Å²) in [5, 5.41) is 12.4. The Bertz CT molecular complexity index is 435. The van der Waals surface area contributed by atoms with Crippen molar-refractivity contribution in [3.8, 4) is 6.07 Å². The predicted octanol–water partition coefficient (Wildman–Crippen LogP) is 1.94. The molecule has 4 heteroatoms. The Kier molecular flexibility index (Phi) is 4.52. The second-order valence-electron chi connectivity index (χ2n) is 5.78. The number of nitriles is 1. The molecule has 0 saturated carbocycles. The lowest BCUT2D eigenvalue weighted by Crippen LogP contribution is -2.46. The number of hydrogen-bond donors (Lipinski definition) is 1. The summed E-state index contributed by atoms with van der Waals surface area (Å²) >= 11 is 0. The minimum Gasteiger partial charge on any atom is -0.312 e. The lowest BCUT2D eigenvalue weighted by Gasteiger charge is -2.37. The summed E-state index contributed by atoms with van der Waals surface area (Å²) in [6, 6.07) is 8.56. The monoisotopic (exact) mass is 258 g/mol. The molecule has 4 nitrogen and oxygen atoms in total. The average molecular weight is 258 g/mol. The van der Waals surface area contributed by atoms with Crippen LogP contribution in [0.2, 0.25) is 0 Å². The van der Waals surface area contributed by atoms with Gasteiger partial charge in [0.15, 0.2) is 0 Å². The third-order valence-electron chi connectivity index (χ3n) is 3.88. The van der Waals surface area contributed by atoms with Crippen molar-refractivity contribution in [1.29, 1.82) is 5.26 Å². The Morgan fingerprint density at radius 1 is 1.53 bits per heavy atom. The van der Waals surface area contributed by atoms with Crippen LogP contribution in [0.5, 0.6) is 0 Å². The Morgan fingerprint density at radius 3 is 3.05 bits per heavy atom. The Hall–Kier alpha value is -1.44. The molecule has 0 amide bonds. The number of rotatable bonds is 3. The quantitative estimate of drug-likeness (QED) is 0.900. The van der Waals surface area contributed by atoms with E-state index >= 15 is 0 Å². The zero-order valence-electron chi connectivity index (χ0n) is 11.8. The molecule has 1 N–H and O–H groups in total. The number of aromatic nitrogens is 1. The summed E-state index contributed by atoms with van der Waals surface area (Å²) in [5.41, 5.74) is 1.22. The van der Waals surface area contributed by atoms with E-state index in [-0.39, 0.29) is 11.6 Å². The van der Waals surface area contributed by atoms with Gasteiger partial charge in [-0.15, -0.1) is 0 Å². The Balaban J connectivity index is 2.11. The van der Waals surface area contributed by atoms with Gasteiger partial charge in [0.25, 0.3) is 0 Å². The fourth-order valence-corrected chi connectivity index (χ4v) is 2.53. The Morgan fingerprint density at radius 2 is 2.37 bits per heavy atom. The van der Waals surface area contributed by atoms with Crippen LogP contribution in [-0.4, -0.2) is 34.6 Å². The summed E-state index contributed by atoms with van der Waals surface area (Å²) < 4.78 is 0. The average Bonchev–Trinajstić information content (AvgIpc) is 2.51. The number of pyridine rings is 1. The molecule has 1 aliphatic rings. The van der Waals surface area contributed by atoms with Gasteiger partial charge in [-0.1, -0.05) is 6.07 Å². The third-order valence-corrected chi connectivity index (χ3v) is 3.88. The molecule has 1 unspecified atom stereocenters. The molecule has 19 heavy (non-hydrogen) atoms. The minimum atomic E-state index is 0.134. The standard InChI is InChI=1S/C15H22N4/c1-15(2)7-10-18-14(6-8-16)12-19(15)11-13-5-3-4-9-17-13/h3-5,9,14,18H,6-7,10-12H2,1-2H3. The smallest absolute Gasteiger partial charge is 0.0638 e. The summed E-state index contributed by atoms with van der Waals surface area (Å²) in [6.45, 7) is 7.26. The van der Waals surface area contributed by atoms with E-state index in [2.05, 4.69) is 41.2 Å². The van der Waals surface area contributed by atoms with E-state index in [4.69, 9.17) is 5.26 Å². The zero-order chi connectivity index (χ0) is 13.7. The summed E-state index contributed by atoms with van der Waals surface area (Å²) in [7, 11) is 0. The van der Waals surface area contributed by atoms with Gasteiger partial charge in [-0.25, -0.2) is 0 Å². The number of nitrogens with zero attached hydrogens (tertiary/aromatic N) is 3. The highest BCUT2D eigenvalue weighted by Gasteiger charge is 2.31. The van der Waals surface area contributed by atoms with E-state index in [9.17, 15) is 0 Å². The molecule has 1 aromatic rings. The van der Waals surface area contributed by atoms with Crippen molar-refractivity contribution in [2.45, 2.75) is 44.8 Å². The van der Waals surface area contributed by atoms with Crippen molar-refractivity contribution in [3.63, 3.8) is 0 Å². The summed E-state index contributed by atoms with van der Waals surface area (Å²) in [4.78, 5) is 6.85. The van der Waals surface area contributed by atoms with Crippen LogP contribution in [0.4, 0.5) is 0 Å². The van der Waals surface area contributed by atoms with Gasteiger partial charge >= 0.3 is 0 Å².